The summed E-state index contributed by atoms with van der Waals surface area (Å²) in [5, 5.41) is 4.07. The lowest BCUT2D eigenvalue weighted by atomic mass is 10.4. The molecule has 0 saturated carbocycles. The molecule has 3 aromatic carbocycles. The van der Waals surface area contributed by atoms with Crippen molar-refractivity contribution in [2.45, 2.75) is 0 Å². The van der Waals surface area contributed by atoms with E-state index in [0.29, 0.717) is 6.35 Å². The van der Waals surface area contributed by atoms with Gasteiger partial charge in [-0.3, -0.25) is 4.66 Å². The van der Waals surface area contributed by atoms with E-state index >= 15 is 0 Å². The van der Waals surface area contributed by atoms with Crippen LogP contribution in [-0.2, 0) is 4.74 Å². The first kappa shape index (κ1) is 18.6. The number of halogens is 1. The zero-order valence-corrected chi connectivity index (χ0v) is 15.2. The lowest BCUT2D eigenvalue weighted by molar-refractivity contribution is 0.255. The van der Waals surface area contributed by atoms with Gasteiger partial charge >= 0.3 is 0 Å². The van der Waals surface area contributed by atoms with Crippen molar-refractivity contribution in [3.05, 3.63) is 91.0 Å². The van der Waals surface area contributed by atoms with E-state index in [-0.39, 0.29) is 0 Å². The van der Waals surface area contributed by atoms with Gasteiger partial charge in [-0.2, -0.15) is 0 Å². The summed E-state index contributed by atoms with van der Waals surface area (Å²) in [6, 6.07) is 32.3. The Morgan fingerprint density at radius 2 is 0.958 bits per heavy atom. The molecule has 0 fully saturated rings. The second-order valence-corrected chi connectivity index (χ2v) is 8.66. The summed E-state index contributed by atoms with van der Waals surface area (Å²) in [6.45, 7) is 0. The highest BCUT2D eigenvalue weighted by molar-refractivity contribution is 7.95. The zero-order chi connectivity index (χ0) is 17.3. The van der Waals surface area contributed by atoms with Crippen molar-refractivity contribution < 1.29 is 9.40 Å². The van der Waals surface area contributed by atoms with Gasteiger partial charge in [-0.25, -0.2) is 0 Å². The van der Waals surface area contributed by atoms with Gasteiger partial charge in [0.15, 0.2) is 6.35 Å². The van der Waals surface area contributed by atoms with Crippen LogP contribution in [0.15, 0.2) is 91.0 Å². The van der Waals surface area contributed by atoms with Crippen LogP contribution in [0.25, 0.3) is 0 Å². The fourth-order valence-electron chi connectivity index (χ4n) is 2.91. The SMILES string of the molecule is COC[P+](c1ccccc1)(c1ccccc1)c1ccccc1.OCl. The van der Waals surface area contributed by atoms with Crippen LogP contribution in [0.4, 0.5) is 0 Å². The van der Waals surface area contributed by atoms with Crippen LogP contribution in [0.1, 0.15) is 0 Å². The summed E-state index contributed by atoms with van der Waals surface area (Å²) in [4.78, 5) is 0. The van der Waals surface area contributed by atoms with Crippen LogP contribution in [0.3, 0.4) is 0 Å². The molecule has 2 nitrogen and oxygen atoms in total. The molecule has 4 heteroatoms. The van der Waals surface area contributed by atoms with Crippen molar-refractivity contribution in [1.82, 2.24) is 0 Å². The molecule has 1 N–H and O–H groups in total. The summed E-state index contributed by atoms with van der Waals surface area (Å²) in [5.41, 5.74) is 0. The van der Waals surface area contributed by atoms with E-state index in [4.69, 9.17) is 9.40 Å². The molecular formula is C20H21ClO2P+. The van der Waals surface area contributed by atoms with E-state index in [1.54, 1.807) is 7.11 Å². The molecule has 3 rings (SSSR count). The molecule has 0 bridgehead atoms. The molecular weight excluding hydrogens is 339 g/mol. The standard InChI is InChI=1S/C20H20OP.ClHO/c1-21-17-22(18-11-5-2-6-12-18,19-13-7-3-8-14-19)20-15-9-4-10-16-20;1-2/h2-16H,17H2,1H3;2H/q+1;. The van der Waals surface area contributed by atoms with Crippen LogP contribution in [0.5, 0.6) is 0 Å². The van der Waals surface area contributed by atoms with Crippen LogP contribution in [0, 0.1) is 0 Å². The average molecular weight is 360 g/mol. The average Bonchev–Trinajstić information content (AvgIpc) is 2.70. The van der Waals surface area contributed by atoms with Crippen molar-refractivity contribution in [3.63, 3.8) is 0 Å². The Kier molecular flexibility index (Phi) is 7.42. The Balaban J connectivity index is 0.00000100. The Morgan fingerprint density at radius 1 is 0.667 bits per heavy atom. The van der Waals surface area contributed by atoms with E-state index in [9.17, 15) is 0 Å². The maximum Gasteiger partial charge on any atom is 0.170 e. The second kappa shape index (κ2) is 9.56. The fourth-order valence-corrected chi connectivity index (χ4v) is 6.68. The van der Waals surface area contributed by atoms with E-state index in [0.717, 1.165) is 0 Å². The monoisotopic (exact) mass is 359 g/mol. The van der Waals surface area contributed by atoms with Crippen LogP contribution < -0.4 is 15.9 Å². The molecule has 0 saturated heterocycles. The van der Waals surface area contributed by atoms with E-state index in [2.05, 4.69) is 103 Å². The number of rotatable bonds is 5. The maximum atomic E-state index is 6.47. The van der Waals surface area contributed by atoms with Crippen LogP contribution in [0.2, 0.25) is 0 Å². The fraction of sp³-hybridized carbons (Fsp3) is 0.100. The number of methoxy groups -OCH3 is 1. The lowest BCUT2D eigenvalue weighted by Crippen LogP contribution is -2.33. The summed E-state index contributed by atoms with van der Waals surface area (Å²) >= 11 is 3.64. The van der Waals surface area contributed by atoms with Crippen molar-refractivity contribution in [3.8, 4) is 0 Å². The van der Waals surface area contributed by atoms with Gasteiger partial charge in [0.2, 0.25) is 0 Å². The minimum absolute atomic E-state index is 0.713. The topological polar surface area (TPSA) is 29.5 Å². The van der Waals surface area contributed by atoms with Crippen molar-refractivity contribution >= 4 is 35.0 Å². The van der Waals surface area contributed by atoms with Gasteiger partial charge in [-0.1, -0.05) is 54.6 Å². The minimum Gasteiger partial charge on any atom is -0.348 e. The van der Waals surface area contributed by atoms with Crippen molar-refractivity contribution in [1.29, 1.82) is 0 Å². The van der Waals surface area contributed by atoms with Gasteiger partial charge in [-0.15, -0.1) is 0 Å². The molecule has 0 atom stereocenters. The largest absolute Gasteiger partial charge is 0.348 e. The Bertz CT molecular complexity index is 609. The van der Waals surface area contributed by atoms with E-state index in [1.807, 2.05) is 0 Å². The van der Waals surface area contributed by atoms with E-state index < -0.39 is 7.26 Å². The predicted octanol–water partition coefficient (Wildman–Crippen LogP) is 3.72. The third-order valence-electron chi connectivity index (χ3n) is 3.91. The highest BCUT2D eigenvalue weighted by Gasteiger charge is 2.45. The van der Waals surface area contributed by atoms with Gasteiger partial charge in [0.25, 0.3) is 0 Å². The van der Waals surface area contributed by atoms with Gasteiger partial charge in [0.05, 0.1) is 11.9 Å². The zero-order valence-electron chi connectivity index (χ0n) is 13.5. The predicted molar refractivity (Wildman–Crippen MR) is 105 cm³/mol. The molecule has 0 heterocycles. The normalized spacial score (nSPS) is 10.6. The molecule has 0 aliphatic heterocycles. The molecule has 0 aliphatic rings. The molecule has 0 aromatic heterocycles. The van der Waals surface area contributed by atoms with Crippen molar-refractivity contribution in [2.24, 2.45) is 0 Å². The molecule has 0 amide bonds. The first-order chi connectivity index (χ1) is 11.9. The summed E-state index contributed by atoms with van der Waals surface area (Å²) < 4.78 is 12.2. The molecule has 0 unspecified atom stereocenters. The first-order valence-electron chi connectivity index (χ1n) is 7.59. The smallest absolute Gasteiger partial charge is 0.170 e. The number of hydrogen-bond acceptors (Lipinski definition) is 2. The molecule has 0 aliphatic carbocycles. The molecule has 124 valence electrons. The van der Waals surface area contributed by atoms with Gasteiger partial charge < -0.3 is 4.74 Å². The van der Waals surface area contributed by atoms with Gasteiger partial charge in [-0.05, 0) is 36.4 Å². The molecule has 24 heavy (non-hydrogen) atoms. The maximum absolute atomic E-state index is 6.47. The molecule has 3 aromatic rings. The van der Waals surface area contributed by atoms with Gasteiger partial charge in [0, 0.05) is 7.11 Å². The second-order valence-electron chi connectivity index (χ2n) is 5.23. The quantitative estimate of drug-likeness (QED) is 0.704. The third-order valence-corrected chi connectivity index (χ3v) is 8.10. The Morgan fingerprint density at radius 3 is 1.21 bits per heavy atom. The Hall–Kier alpha value is -1.70. The summed E-state index contributed by atoms with van der Waals surface area (Å²) in [5.74, 6) is 0. The lowest BCUT2D eigenvalue weighted by Gasteiger charge is -2.26. The summed E-state index contributed by atoms with van der Waals surface area (Å²) in [7, 11) is 0.0197. The summed E-state index contributed by atoms with van der Waals surface area (Å²) in [6.07, 6.45) is 0.713. The van der Waals surface area contributed by atoms with Gasteiger partial charge in [0.1, 0.15) is 23.2 Å². The van der Waals surface area contributed by atoms with E-state index in [1.165, 1.54) is 15.9 Å². The molecule has 0 spiro atoms. The van der Waals surface area contributed by atoms with Crippen molar-refractivity contribution in [2.75, 3.05) is 13.5 Å². The number of benzene rings is 3. The highest BCUT2D eigenvalue weighted by Crippen LogP contribution is 2.54. The first-order valence-corrected chi connectivity index (χ1v) is 9.90. The molecule has 0 radical (unpaired) electrons. The number of hydrogen-bond donors (Lipinski definition) is 1. The Labute approximate surface area is 149 Å². The minimum atomic E-state index is -1.78. The number of ether oxygens (including phenoxy) is 1. The third kappa shape index (κ3) is 3.85. The van der Waals surface area contributed by atoms with Crippen LogP contribution in [-0.4, -0.2) is 18.1 Å². The van der Waals surface area contributed by atoms with Crippen LogP contribution >= 0.6 is 19.1 Å². The highest BCUT2D eigenvalue weighted by atomic mass is 35.5.